The molecule has 0 radical (unpaired) electrons. The van der Waals surface area contributed by atoms with Gasteiger partial charge in [0.2, 0.25) is 0 Å². The Morgan fingerprint density at radius 1 is 1.00 bits per heavy atom. The molecule has 0 bridgehead atoms. The van der Waals surface area contributed by atoms with Crippen molar-refractivity contribution in [3.05, 3.63) is 47.8 Å². The van der Waals surface area contributed by atoms with Crippen LogP contribution >= 0.6 is 23.6 Å². The van der Waals surface area contributed by atoms with E-state index in [0.29, 0.717) is 5.11 Å². The summed E-state index contributed by atoms with van der Waals surface area (Å²) >= 11 is 6.79. The van der Waals surface area contributed by atoms with Gasteiger partial charge in [0, 0.05) is 5.69 Å². The van der Waals surface area contributed by atoms with Crippen LogP contribution in [0.25, 0.3) is 0 Å². The SMILES string of the molecule is S=C(Nc1ccccc1)Nc1cccs1. The maximum absolute atomic E-state index is 5.17. The summed E-state index contributed by atoms with van der Waals surface area (Å²) in [5.41, 5.74) is 0.992. The molecule has 4 heteroatoms. The molecular formula is C11H10N2S2. The molecule has 1 aromatic carbocycles. The van der Waals surface area contributed by atoms with E-state index in [1.807, 2.05) is 47.8 Å². The molecule has 0 spiro atoms. The Labute approximate surface area is 98.0 Å². The van der Waals surface area contributed by atoms with Crippen molar-refractivity contribution in [3.63, 3.8) is 0 Å². The van der Waals surface area contributed by atoms with Crippen LogP contribution in [-0.2, 0) is 0 Å². The molecule has 0 aliphatic rings. The van der Waals surface area contributed by atoms with Crippen molar-refractivity contribution in [3.8, 4) is 0 Å². The lowest BCUT2D eigenvalue weighted by atomic mass is 10.3. The van der Waals surface area contributed by atoms with Crippen LogP contribution in [0.1, 0.15) is 0 Å². The van der Waals surface area contributed by atoms with Crippen molar-refractivity contribution in [1.82, 2.24) is 0 Å². The summed E-state index contributed by atoms with van der Waals surface area (Å²) < 4.78 is 0. The topological polar surface area (TPSA) is 24.1 Å². The summed E-state index contributed by atoms with van der Waals surface area (Å²) in [5, 5.41) is 9.88. The van der Waals surface area contributed by atoms with E-state index in [2.05, 4.69) is 10.6 Å². The molecule has 0 saturated heterocycles. The lowest BCUT2D eigenvalue weighted by Gasteiger charge is -2.08. The largest absolute Gasteiger partial charge is 0.332 e. The van der Waals surface area contributed by atoms with Gasteiger partial charge in [-0.2, -0.15) is 0 Å². The molecule has 76 valence electrons. The average molecular weight is 234 g/mol. The Kier molecular flexibility index (Phi) is 3.32. The average Bonchev–Trinajstić information content (AvgIpc) is 2.71. The molecule has 2 nitrogen and oxygen atoms in total. The van der Waals surface area contributed by atoms with Gasteiger partial charge in [0.25, 0.3) is 0 Å². The van der Waals surface area contributed by atoms with Crippen molar-refractivity contribution in [2.75, 3.05) is 10.6 Å². The number of hydrogen-bond acceptors (Lipinski definition) is 2. The monoisotopic (exact) mass is 234 g/mol. The van der Waals surface area contributed by atoms with Crippen molar-refractivity contribution >= 4 is 39.4 Å². The van der Waals surface area contributed by atoms with Gasteiger partial charge in [-0.05, 0) is 41.9 Å². The molecule has 0 fully saturated rings. The fourth-order valence-electron chi connectivity index (χ4n) is 1.15. The summed E-state index contributed by atoms with van der Waals surface area (Å²) in [4.78, 5) is 0. The van der Waals surface area contributed by atoms with E-state index in [1.165, 1.54) is 0 Å². The Hall–Kier alpha value is -1.39. The van der Waals surface area contributed by atoms with Crippen LogP contribution in [0.2, 0.25) is 0 Å². The van der Waals surface area contributed by atoms with E-state index < -0.39 is 0 Å². The van der Waals surface area contributed by atoms with Gasteiger partial charge in [-0.1, -0.05) is 18.2 Å². The molecule has 0 atom stereocenters. The second-order valence-electron chi connectivity index (χ2n) is 2.92. The Morgan fingerprint density at radius 3 is 2.47 bits per heavy atom. The lowest BCUT2D eigenvalue weighted by Crippen LogP contribution is -2.18. The highest BCUT2D eigenvalue weighted by molar-refractivity contribution is 7.80. The molecule has 1 heterocycles. The first-order valence-corrected chi connectivity index (χ1v) is 5.80. The minimum atomic E-state index is 0.614. The lowest BCUT2D eigenvalue weighted by molar-refractivity contribution is 1.63. The number of nitrogens with one attached hydrogen (secondary N) is 2. The van der Waals surface area contributed by atoms with Crippen LogP contribution in [0.4, 0.5) is 10.7 Å². The van der Waals surface area contributed by atoms with E-state index in [4.69, 9.17) is 12.2 Å². The van der Waals surface area contributed by atoms with Crippen molar-refractivity contribution < 1.29 is 0 Å². The van der Waals surface area contributed by atoms with Crippen LogP contribution in [0.15, 0.2) is 47.8 Å². The van der Waals surface area contributed by atoms with Gasteiger partial charge in [-0.15, -0.1) is 11.3 Å². The van der Waals surface area contributed by atoms with E-state index in [1.54, 1.807) is 11.3 Å². The second kappa shape index (κ2) is 4.91. The van der Waals surface area contributed by atoms with Crippen molar-refractivity contribution in [2.45, 2.75) is 0 Å². The van der Waals surface area contributed by atoms with Crippen LogP contribution in [-0.4, -0.2) is 5.11 Å². The van der Waals surface area contributed by atoms with E-state index >= 15 is 0 Å². The third-order valence-electron chi connectivity index (χ3n) is 1.79. The number of thiocarbonyl (C=S) groups is 1. The highest BCUT2D eigenvalue weighted by atomic mass is 32.1. The zero-order chi connectivity index (χ0) is 10.5. The number of benzene rings is 1. The van der Waals surface area contributed by atoms with Gasteiger partial charge in [0.15, 0.2) is 5.11 Å². The zero-order valence-corrected chi connectivity index (χ0v) is 9.57. The normalized spacial score (nSPS) is 9.60. The summed E-state index contributed by atoms with van der Waals surface area (Å²) in [5.74, 6) is 0. The van der Waals surface area contributed by atoms with E-state index in [-0.39, 0.29) is 0 Å². The molecule has 0 unspecified atom stereocenters. The first-order chi connectivity index (χ1) is 7.34. The first kappa shape index (κ1) is 10.1. The van der Waals surface area contributed by atoms with Crippen LogP contribution in [0.5, 0.6) is 0 Å². The number of para-hydroxylation sites is 1. The van der Waals surface area contributed by atoms with Crippen LogP contribution in [0.3, 0.4) is 0 Å². The molecule has 0 aliphatic carbocycles. The predicted molar refractivity (Wildman–Crippen MR) is 70.6 cm³/mol. The summed E-state index contributed by atoms with van der Waals surface area (Å²) in [6, 6.07) is 13.8. The van der Waals surface area contributed by atoms with Crippen molar-refractivity contribution in [1.29, 1.82) is 0 Å². The Balaban J connectivity index is 1.94. The Morgan fingerprint density at radius 2 is 1.80 bits per heavy atom. The van der Waals surface area contributed by atoms with Crippen LogP contribution in [0, 0.1) is 0 Å². The molecule has 2 N–H and O–H groups in total. The molecule has 2 rings (SSSR count). The zero-order valence-electron chi connectivity index (χ0n) is 7.94. The smallest absolute Gasteiger partial charge is 0.175 e. The van der Waals surface area contributed by atoms with Gasteiger partial charge < -0.3 is 10.6 Å². The molecular weight excluding hydrogens is 224 g/mol. The van der Waals surface area contributed by atoms with Crippen molar-refractivity contribution in [2.24, 2.45) is 0 Å². The van der Waals surface area contributed by atoms with Gasteiger partial charge in [-0.3, -0.25) is 0 Å². The summed E-state index contributed by atoms with van der Waals surface area (Å²) in [7, 11) is 0. The standard InChI is InChI=1S/C11H10N2S2/c14-11(13-10-7-4-8-15-10)12-9-5-2-1-3-6-9/h1-8H,(H2,12,13,14). The third-order valence-corrected chi connectivity index (χ3v) is 2.78. The maximum Gasteiger partial charge on any atom is 0.175 e. The minimum Gasteiger partial charge on any atom is -0.332 e. The number of thiophene rings is 1. The van der Waals surface area contributed by atoms with Gasteiger partial charge >= 0.3 is 0 Å². The summed E-state index contributed by atoms with van der Waals surface area (Å²) in [6.45, 7) is 0. The highest BCUT2D eigenvalue weighted by Gasteiger charge is 1.97. The Bertz CT molecular complexity index is 423. The number of hydrogen-bond donors (Lipinski definition) is 2. The molecule has 0 aliphatic heterocycles. The molecule has 0 amide bonds. The van der Waals surface area contributed by atoms with Gasteiger partial charge in [-0.25, -0.2) is 0 Å². The van der Waals surface area contributed by atoms with Gasteiger partial charge in [0.05, 0.1) is 5.00 Å². The molecule has 2 aromatic rings. The number of rotatable bonds is 2. The predicted octanol–water partition coefficient (Wildman–Crippen LogP) is 3.56. The second-order valence-corrected chi connectivity index (χ2v) is 4.28. The summed E-state index contributed by atoms with van der Waals surface area (Å²) in [6.07, 6.45) is 0. The van der Waals surface area contributed by atoms with E-state index in [0.717, 1.165) is 10.7 Å². The first-order valence-electron chi connectivity index (χ1n) is 4.51. The minimum absolute atomic E-state index is 0.614. The molecule has 0 saturated carbocycles. The highest BCUT2D eigenvalue weighted by Crippen LogP contribution is 2.15. The molecule has 1 aromatic heterocycles. The van der Waals surface area contributed by atoms with E-state index in [9.17, 15) is 0 Å². The van der Waals surface area contributed by atoms with Crippen LogP contribution < -0.4 is 10.6 Å². The fourth-order valence-corrected chi connectivity index (χ4v) is 2.06. The number of anilines is 2. The van der Waals surface area contributed by atoms with Gasteiger partial charge in [0.1, 0.15) is 0 Å². The quantitative estimate of drug-likeness (QED) is 0.777. The molecule has 15 heavy (non-hydrogen) atoms. The maximum atomic E-state index is 5.17. The fraction of sp³-hybridized carbons (Fsp3) is 0. The third kappa shape index (κ3) is 3.04.